The van der Waals surface area contributed by atoms with E-state index >= 15 is 0 Å². The molecule has 0 heterocycles. The Kier molecular flexibility index (Phi) is 8.27. The van der Waals surface area contributed by atoms with E-state index in [1.165, 1.54) is 12.1 Å². The lowest BCUT2D eigenvalue weighted by Gasteiger charge is -2.23. The second kappa shape index (κ2) is 10.9. The maximum Gasteiger partial charge on any atom is 0.224 e. The van der Waals surface area contributed by atoms with Crippen LogP contribution in [-0.4, -0.2) is 51.1 Å². The molecular formula is C21H27FN4O2. The summed E-state index contributed by atoms with van der Waals surface area (Å²) in [5.74, 6) is 1.14. The van der Waals surface area contributed by atoms with Crippen LogP contribution in [0.4, 0.5) is 4.39 Å². The number of nitrogens with one attached hydrogen (secondary N) is 2. The van der Waals surface area contributed by atoms with Crippen molar-refractivity contribution >= 4 is 11.9 Å². The molecule has 0 spiro atoms. The summed E-state index contributed by atoms with van der Waals surface area (Å²) in [7, 11) is 5.31. The molecule has 0 bridgehead atoms. The number of amides is 1. The van der Waals surface area contributed by atoms with Gasteiger partial charge in [0.2, 0.25) is 5.91 Å². The molecule has 6 nitrogen and oxygen atoms in total. The van der Waals surface area contributed by atoms with Crippen LogP contribution >= 0.6 is 0 Å². The number of methoxy groups -OCH3 is 1. The molecule has 0 saturated heterocycles. The van der Waals surface area contributed by atoms with Crippen molar-refractivity contribution in [2.24, 2.45) is 4.99 Å². The Morgan fingerprint density at radius 3 is 2.46 bits per heavy atom. The molecule has 2 aromatic carbocycles. The topological polar surface area (TPSA) is 66.0 Å². The summed E-state index contributed by atoms with van der Waals surface area (Å²) in [6.45, 7) is 1.64. The highest BCUT2D eigenvalue weighted by Gasteiger charge is 2.10. The van der Waals surface area contributed by atoms with E-state index in [1.54, 1.807) is 26.3 Å². The minimum Gasteiger partial charge on any atom is -0.496 e. The van der Waals surface area contributed by atoms with Crippen molar-refractivity contribution in [3.05, 3.63) is 65.5 Å². The molecule has 150 valence electrons. The van der Waals surface area contributed by atoms with Gasteiger partial charge < -0.3 is 20.3 Å². The monoisotopic (exact) mass is 386 g/mol. The number of halogens is 1. The summed E-state index contributed by atoms with van der Waals surface area (Å²) in [4.78, 5) is 18.2. The molecule has 7 heteroatoms. The fourth-order valence-electron chi connectivity index (χ4n) is 2.78. The van der Waals surface area contributed by atoms with E-state index < -0.39 is 0 Å². The van der Waals surface area contributed by atoms with Gasteiger partial charge in [-0.1, -0.05) is 30.3 Å². The number of nitrogens with zero attached hydrogens (tertiary/aromatic N) is 2. The van der Waals surface area contributed by atoms with E-state index in [-0.39, 0.29) is 18.1 Å². The number of guanidine groups is 1. The number of carbonyl (C=O) groups excluding carboxylic acids is 1. The average Bonchev–Trinajstić information content (AvgIpc) is 2.70. The van der Waals surface area contributed by atoms with Gasteiger partial charge in [-0.25, -0.2) is 4.39 Å². The molecule has 0 fully saturated rings. The van der Waals surface area contributed by atoms with Crippen molar-refractivity contribution in [3.8, 4) is 5.75 Å². The van der Waals surface area contributed by atoms with Crippen LogP contribution in [0.15, 0.2) is 53.5 Å². The Balaban J connectivity index is 1.75. The smallest absolute Gasteiger partial charge is 0.224 e. The summed E-state index contributed by atoms with van der Waals surface area (Å²) >= 11 is 0. The molecule has 0 aliphatic carbocycles. The van der Waals surface area contributed by atoms with Crippen molar-refractivity contribution in [2.45, 2.75) is 13.0 Å². The van der Waals surface area contributed by atoms with Crippen LogP contribution in [0.3, 0.4) is 0 Å². The van der Waals surface area contributed by atoms with Crippen LogP contribution in [0, 0.1) is 5.82 Å². The van der Waals surface area contributed by atoms with E-state index in [1.807, 2.05) is 36.2 Å². The molecule has 2 aromatic rings. The van der Waals surface area contributed by atoms with Gasteiger partial charge in [0.05, 0.1) is 13.5 Å². The molecule has 2 rings (SSSR count). The first-order valence-corrected chi connectivity index (χ1v) is 9.08. The zero-order chi connectivity index (χ0) is 20.4. The predicted molar refractivity (Wildman–Crippen MR) is 109 cm³/mol. The van der Waals surface area contributed by atoms with E-state index in [0.29, 0.717) is 19.6 Å². The van der Waals surface area contributed by atoms with Gasteiger partial charge in [0.25, 0.3) is 0 Å². The third-order valence-corrected chi connectivity index (χ3v) is 4.18. The zero-order valence-electron chi connectivity index (χ0n) is 16.5. The van der Waals surface area contributed by atoms with E-state index in [9.17, 15) is 9.18 Å². The molecular weight excluding hydrogens is 359 g/mol. The molecule has 0 radical (unpaired) electrons. The summed E-state index contributed by atoms with van der Waals surface area (Å²) in [6.07, 6.45) is 0.225. The number of aliphatic imine (C=N–C) groups is 1. The molecule has 0 aliphatic heterocycles. The van der Waals surface area contributed by atoms with Crippen molar-refractivity contribution in [2.75, 3.05) is 34.3 Å². The summed E-state index contributed by atoms with van der Waals surface area (Å²) in [6, 6.07) is 13.8. The fraction of sp³-hybridized carbons (Fsp3) is 0.333. The predicted octanol–water partition coefficient (Wildman–Crippen LogP) is 2.20. The SMILES string of the molecule is CN=C(NCCNC(=O)Cc1ccc(F)cc1)N(C)Cc1ccccc1OC. The molecule has 0 unspecified atom stereocenters. The highest BCUT2D eigenvalue weighted by atomic mass is 19.1. The number of carbonyl (C=O) groups is 1. The molecule has 0 aliphatic rings. The Morgan fingerprint density at radius 2 is 1.79 bits per heavy atom. The third kappa shape index (κ3) is 6.57. The standard InChI is InChI=1S/C21H27FN4O2/c1-23-21(26(2)15-17-6-4-5-7-19(17)28-3)25-13-12-24-20(27)14-16-8-10-18(22)11-9-16/h4-11H,12-15H2,1-3H3,(H,23,25)(H,24,27). The lowest BCUT2D eigenvalue weighted by Crippen LogP contribution is -2.42. The van der Waals surface area contributed by atoms with Gasteiger partial charge in [-0.3, -0.25) is 9.79 Å². The maximum atomic E-state index is 12.9. The van der Waals surface area contributed by atoms with Crippen molar-refractivity contribution < 1.29 is 13.9 Å². The Hall–Kier alpha value is -3.09. The lowest BCUT2D eigenvalue weighted by atomic mass is 10.1. The number of hydrogen-bond donors (Lipinski definition) is 2. The van der Waals surface area contributed by atoms with Crippen LogP contribution in [0.2, 0.25) is 0 Å². The first-order valence-electron chi connectivity index (χ1n) is 9.08. The summed E-state index contributed by atoms with van der Waals surface area (Å²) < 4.78 is 18.3. The quantitative estimate of drug-likeness (QED) is 0.415. The maximum absolute atomic E-state index is 12.9. The first kappa shape index (κ1) is 21.2. The largest absolute Gasteiger partial charge is 0.496 e. The second-order valence-corrected chi connectivity index (χ2v) is 6.30. The van der Waals surface area contributed by atoms with Gasteiger partial charge in [-0.2, -0.15) is 0 Å². The number of hydrogen-bond acceptors (Lipinski definition) is 3. The van der Waals surface area contributed by atoms with Crippen LogP contribution in [0.5, 0.6) is 5.75 Å². The molecule has 1 amide bonds. The van der Waals surface area contributed by atoms with Gasteiger partial charge in [0.15, 0.2) is 5.96 Å². The Bertz CT molecular complexity index is 793. The zero-order valence-corrected chi connectivity index (χ0v) is 16.5. The molecule has 0 atom stereocenters. The minimum absolute atomic E-state index is 0.106. The first-order chi connectivity index (χ1) is 13.5. The van der Waals surface area contributed by atoms with Gasteiger partial charge in [-0.15, -0.1) is 0 Å². The molecule has 0 saturated carbocycles. The number of rotatable bonds is 8. The van der Waals surface area contributed by atoms with Gasteiger partial charge in [0.1, 0.15) is 11.6 Å². The van der Waals surface area contributed by atoms with E-state index in [4.69, 9.17) is 4.74 Å². The van der Waals surface area contributed by atoms with Crippen molar-refractivity contribution in [1.29, 1.82) is 0 Å². The summed E-state index contributed by atoms with van der Waals surface area (Å²) in [5.41, 5.74) is 1.84. The molecule has 2 N–H and O–H groups in total. The van der Waals surface area contributed by atoms with Crippen LogP contribution in [0.25, 0.3) is 0 Å². The number of ether oxygens (including phenoxy) is 1. The van der Waals surface area contributed by atoms with Gasteiger partial charge in [-0.05, 0) is 23.8 Å². The van der Waals surface area contributed by atoms with Crippen molar-refractivity contribution in [1.82, 2.24) is 15.5 Å². The van der Waals surface area contributed by atoms with Gasteiger partial charge >= 0.3 is 0 Å². The third-order valence-electron chi connectivity index (χ3n) is 4.18. The molecule has 28 heavy (non-hydrogen) atoms. The van der Waals surface area contributed by atoms with Crippen LogP contribution < -0.4 is 15.4 Å². The van der Waals surface area contributed by atoms with E-state index in [2.05, 4.69) is 15.6 Å². The van der Waals surface area contributed by atoms with E-state index in [0.717, 1.165) is 22.8 Å². The number of benzene rings is 2. The normalized spacial score (nSPS) is 11.1. The highest BCUT2D eigenvalue weighted by Crippen LogP contribution is 2.18. The fourth-order valence-corrected chi connectivity index (χ4v) is 2.78. The Morgan fingerprint density at radius 1 is 1.11 bits per heavy atom. The lowest BCUT2D eigenvalue weighted by molar-refractivity contribution is -0.120. The molecule has 0 aromatic heterocycles. The van der Waals surface area contributed by atoms with Gasteiger partial charge in [0, 0.05) is 39.3 Å². The van der Waals surface area contributed by atoms with Crippen LogP contribution in [0.1, 0.15) is 11.1 Å². The summed E-state index contributed by atoms with van der Waals surface area (Å²) in [5, 5.41) is 6.07. The number of para-hydroxylation sites is 1. The minimum atomic E-state index is -0.308. The van der Waals surface area contributed by atoms with Crippen molar-refractivity contribution in [3.63, 3.8) is 0 Å². The van der Waals surface area contributed by atoms with Crippen LogP contribution in [-0.2, 0) is 17.8 Å². The average molecular weight is 386 g/mol. The second-order valence-electron chi connectivity index (χ2n) is 6.30. The highest BCUT2D eigenvalue weighted by molar-refractivity contribution is 5.80. The Labute approximate surface area is 165 Å².